The van der Waals surface area contributed by atoms with E-state index in [1.54, 1.807) is 6.20 Å². The third-order valence-corrected chi connectivity index (χ3v) is 5.48. The van der Waals surface area contributed by atoms with E-state index in [0.717, 1.165) is 29.9 Å². The molecule has 0 aliphatic carbocycles. The molecule has 0 saturated carbocycles. The minimum atomic E-state index is -0.728. The molecule has 30 heavy (non-hydrogen) atoms. The van der Waals surface area contributed by atoms with E-state index in [1.807, 2.05) is 43.3 Å². The molecule has 9 nitrogen and oxygen atoms in total. The van der Waals surface area contributed by atoms with E-state index in [0.29, 0.717) is 16.9 Å². The van der Waals surface area contributed by atoms with Gasteiger partial charge in [-0.25, -0.2) is 0 Å². The SMILES string of the molecule is COC(C(=O)Nc1nnc(O[C@@H]2CCN(c3cccnn3)C2)s1)c1cccc(C)c1. The molecular weight excluding hydrogens is 404 g/mol. The van der Waals surface area contributed by atoms with Crippen LogP contribution < -0.4 is 15.0 Å². The van der Waals surface area contributed by atoms with Crippen molar-refractivity contribution in [2.75, 3.05) is 30.4 Å². The zero-order valence-electron chi connectivity index (χ0n) is 16.7. The van der Waals surface area contributed by atoms with Crippen LogP contribution >= 0.6 is 11.3 Å². The molecule has 3 heterocycles. The molecule has 1 fully saturated rings. The maximum atomic E-state index is 12.7. The molecule has 1 N–H and O–H groups in total. The number of nitrogens with zero attached hydrogens (tertiary/aromatic N) is 5. The number of anilines is 2. The highest BCUT2D eigenvalue weighted by Gasteiger charge is 2.27. The van der Waals surface area contributed by atoms with E-state index < -0.39 is 6.10 Å². The zero-order chi connectivity index (χ0) is 20.9. The van der Waals surface area contributed by atoms with Crippen molar-refractivity contribution < 1.29 is 14.3 Å². The Balaban J connectivity index is 1.34. The lowest BCUT2D eigenvalue weighted by atomic mass is 10.1. The van der Waals surface area contributed by atoms with Gasteiger partial charge in [-0.2, -0.15) is 5.10 Å². The molecule has 1 aliphatic heterocycles. The van der Waals surface area contributed by atoms with E-state index in [2.05, 4.69) is 30.6 Å². The summed E-state index contributed by atoms with van der Waals surface area (Å²) in [5.41, 5.74) is 1.84. The third kappa shape index (κ3) is 4.71. The van der Waals surface area contributed by atoms with Crippen molar-refractivity contribution in [1.82, 2.24) is 20.4 Å². The predicted molar refractivity (Wildman–Crippen MR) is 113 cm³/mol. The number of hydrogen-bond donors (Lipinski definition) is 1. The Bertz CT molecular complexity index is 999. The number of amides is 1. The zero-order valence-corrected chi connectivity index (χ0v) is 17.5. The van der Waals surface area contributed by atoms with Crippen LogP contribution in [0.2, 0.25) is 0 Å². The summed E-state index contributed by atoms with van der Waals surface area (Å²) in [6.45, 7) is 3.49. The number of methoxy groups -OCH3 is 1. The number of benzene rings is 1. The Morgan fingerprint density at radius 2 is 2.17 bits per heavy atom. The number of ether oxygens (including phenoxy) is 2. The molecule has 1 saturated heterocycles. The van der Waals surface area contributed by atoms with E-state index in [4.69, 9.17) is 9.47 Å². The minimum absolute atomic E-state index is 0.0254. The van der Waals surface area contributed by atoms with Crippen LogP contribution in [0.25, 0.3) is 0 Å². The van der Waals surface area contributed by atoms with Crippen LogP contribution in [0.15, 0.2) is 42.6 Å². The fourth-order valence-electron chi connectivity index (χ4n) is 3.34. The summed E-state index contributed by atoms with van der Waals surface area (Å²) in [4.78, 5) is 14.8. The molecule has 2 aromatic heterocycles. The summed E-state index contributed by atoms with van der Waals surface area (Å²) in [6.07, 6.45) is 1.74. The van der Waals surface area contributed by atoms with Crippen molar-refractivity contribution in [2.24, 2.45) is 0 Å². The smallest absolute Gasteiger partial charge is 0.296 e. The van der Waals surface area contributed by atoms with Crippen LogP contribution in [-0.4, -0.2) is 52.6 Å². The van der Waals surface area contributed by atoms with Crippen LogP contribution in [0.4, 0.5) is 10.9 Å². The third-order valence-electron chi connectivity index (χ3n) is 4.75. The highest BCUT2D eigenvalue weighted by Crippen LogP contribution is 2.28. The number of aromatic nitrogens is 4. The second kappa shape index (κ2) is 9.14. The van der Waals surface area contributed by atoms with Crippen molar-refractivity contribution in [3.63, 3.8) is 0 Å². The van der Waals surface area contributed by atoms with Gasteiger partial charge in [-0.05, 0) is 36.0 Å². The second-order valence-electron chi connectivity index (χ2n) is 6.95. The maximum Gasteiger partial charge on any atom is 0.296 e. The Morgan fingerprint density at radius 1 is 1.27 bits per heavy atom. The van der Waals surface area contributed by atoms with Crippen LogP contribution in [-0.2, 0) is 9.53 Å². The van der Waals surface area contributed by atoms with Gasteiger partial charge in [-0.3, -0.25) is 10.1 Å². The van der Waals surface area contributed by atoms with Gasteiger partial charge >= 0.3 is 0 Å². The molecule has 156 valence electrons. The molecule has 0 radical (unpaired) electrons. The largest absolute Gasteiger partial charge is 0.464 e. The average molecular weight is 427 g/mol. The quantitative estimate of drug-likeness (QED) is 0.615. The highest BCUT2D eigenvalue weighted by atomic mass is 32.1. The number of hydrogen-bond acceptors (Lipinski definition) is 9. The van der Waals surface area contributed by atoms with Crippen molar-refractivity contribution in [2.45, 2.75) is 25.6 Å². The summed E-state index contributed by atoms with van der Waals surface area (Å²) in [5, 5.41) is 19.7. The molecule has 0 spiro atoms. The van der Waals surface area contributed by atoms with Gasteiger partial charge in [-0.1, -0.05) is 34.9 Å². The first-order valence-corrected chi connectivity index (χ1v) is 10.4. The van der Waals surface area contributed by atoms with Crippen molar-refractivity contribution in [1.29, 1.82) is 0 Å². The molecule has 4 rings (SSSR count). The molecular formula is C20H22N6O3S. The van der Waals surface area contributed by atoms with Gasteiger partial charge in [0.25, 0.3) is 11.1 Å². The first-order chi connectivity index (χ1) is 14.6. The fourth-order valence-corrected chi connectivity index (χ4v) is 4.01. The van der Waals surface area contributed by atoms with Crippen molar-refractivity contribution in [3.8, 4) is 5.19 Å². The van der Waals surface area contributed by atoms with Crippen LogP contribution in [0.5, 0.6) is 5.19 Å². The van der Waals surface area contributed by atoms with E-state index in [-0.39, 0.29) is 12.0 Å². The number of carbonyl (C=O) groups excluding carboxylic acids is 1. The fraction of sp³-hybridized carbons (Fsp3) is 0.350. The van der Waals surface area contributed by atoms with Crippen LogP contribution in [0, 0.1) is 6.92 Å². The average Bonchev–Trinajstić information content (AvgIpc) is 3.39. The Kier molecular flexibility index (Phi) is 6.15. The Hall–Kier alpha value is -3.11. The first-order valence-electron chi connectivity index (χ1n) is 9.55. The highest BCUT2D eigenvalue weighted by molar-refractivity contribution is 7.17. The molecule has 2 atom stereocenters. The Labute approximate surface area is 178 Å². The van der Waals surface area contributed by atoms with Crippen LogP contribution in [0.3, 0.4) is 0 Å². The maximum absolute atomic E-state index is 12.7. The summed E-state index contributed by atoms with van der Waals surface area (Å²) in [6, 6.07) is 11.4. The van der Waals surface area contributed by atoms with Crippen molar-refractivity contribution in [3.05, 3.63) is 53.7 Å². The molecule has 1 unspecified atom stereocenters. The molecule has 3 aromatic rings. The van der Waals surface area contributed by atoms with Gasteiger partial charge in [0.15, 0.2) is 11.9 Å². The van der Waals surface area contributed by atoms with E-state index >= 15 is 0 Å². The normalized spacial score (nSPS) is 17.0. The summed E-state index contributed by atoms with van der Waals surface area (Å²) in [5.74, 6) is 0.524. The Morgan fingerprint density at radius 3 is 2.93 bits per heavy atom. The lowest BCUT2D eigenvalue weighted by molar-refractivity contribution is -0.126. The monoisotopic (exact) mass is 426 g/mol. The first kappa shape index (κ1) is 20.2. The van der Waals surface area contributed by atoms with Gasteiger partial charge in [0.05, 0.1) is 6.54 Å². The molecule has 1 aliphatic rings. The number of carbonyl (C=O) groups is 1. The van der Waals surface area contributed by atoms with Gasteiger partial charge in [0.2, 0.25) is 5.13 Å². The minimum Gasteiger partial charge on any atom is -0.464 e. The van der Waals surface area contributed by atoms with Gasteiger partial charge < -0.3 is 14.4 Å². The summed E-state index contributed by atoms with van der Waals surface area (Å²) >= 11 is 1.19. The number of nitrogens with one attached hydrogen (secondary N) is 1. The van der Waals surface area contributed by atoms with Crippen molar-refractivity contribution >= 4 is 28.2 Å². The molecule has 1 aromatic carbocycles. The summed E-state index contributed by atoms with van der Waals surface area (Å²) in [7, 11) is 1.50. The van der Waals surface area contributed by atoms with Crippen LogP contribution in [0.1, 0.15) is 23.7 Å². The topological polar surface area (TPSA) is 102 Å². The second-order valence-corrected chi connectivity index (χ2v) is 7.89. The van der Waals surface area contributed by atoms with Gasteiger partial charge in [0, 0.05) is 26.3 Å². The van der Waals surface area contributed by atoms with Gasteiger partial charge in [0.1, 0.15) is 6.10 Å². The molecule has 10 heteroatoms. The van der Waals surface area contributed by atoms with E-state index in [1.165, 1.54) is 18.4 Å². The summed E-state index contributed by atoms with van der Waals surface area (Å²) < 4.78 is 11.3. The number of aryl methyl sites for hydroxylation is 1. The lowest BCUT2D eigenvalue weighted by Crippen LogP contribution is -2.25. The number of rotatable bonds is 7. The van der Waals surface area contributed by atoms with E-state index in [9.17, 15) is 4.79 Å². The lowest BCUT2D eigenvalue weighted by Gasteiger charge is -2.16. The standard InChI is InChI=1S/C20H22N6O3S/c1-13-5-3-6-14(11-13)17(28-2)18(27)22-19-24-25-20(30-19)29-15-8-10-26(12-15)16-7-4-9-21-23-16/h3-7,9,11,15,17H,8,10,12H2,1-2H3,(H,22,24,27)/t15-,17?/m1/s1. The molecule has 1 amide bonds. The molecule has 0 bridgehead atoms. The van der Waals surface area contributed by atoms with Gasteiger partial charge in [-0.15, -0.1) is 10.2 Å². The predicted octanol–water partition coefficient (Wildman–Crippen LogP) is 2.62.